The number of hydrogen-bond donors (Lipinski definition) is 0. The molecular weight excluding hydrogens is 375 g/mol. The van der Waals surface area contributed by atoms with Gasteiger partial charge in [-0.05, 0) is 50.3 Å². The Labute approximate surface area is 163 Å². The van der Waals surface area contributed by atoms with E-state index in [0.29, 0.717) is 10.0 Å². The highest BCUT2D eigenvalue weighted by molar-refractivity contribution is 6.42. The van der Waals surface area contributed by atoms with E-state index in [2.05, 4.69) is 6.58 Å². The number of esters is 2. The predicted molar refractivity (Wildman–Crippen MR) is 103 cm³/mol. The molecule has 1 aromatic carbocycles. The molecule has 0 radical (unpaired) electrons. The molecule has 6 heteroatoms. The van der Waals surface area contributed by atoms with Gasteiger partial charge in [-0.25, -0.2) is 0 Å². The average molecular weight is 397 g/mol. The van der Waals surface area contributed by atoms with Gasteiger partial charge < -0.3 is 9.47 Å². The van der Waals surface area contributed by atoms with Gasteiger partial charge in [0.25, 0.3) is 0 Å². The van der Waals surface area contributed by atoms with Crippen molar-refractivity contribution < 1.29 is 19.1 Å². The summed E-state index contributed by atoms with van der Waals surface area (Å²) in [6.07, 6.45) is 4.15. The number of carbonyl (C=O) groups is 2. The number of hydrogen-bond acceptors (Lipinski definition) is 4. The Bertz CT molecular complexity index is 721. The molecule has 0 aromatic heterocycles. The van der Waals surface area contributed by atoms with Gasteiger partial charge in [0.15, 0.2) is 5.41 Å². The fourth-order valence-electron chi connectivity index (χ4n) is 3.20. The van der Waals surface area contributed by atoms with Crippen LogP contribution in [0.4, 0.5) is 0 Å². The highest BCUT2D eigenvalue weighted by atomic mass is 35.5. The van der Waals surface area contributed by atoms with Crippen molar-refractivity contribution >= 4 is 41.2 Å². The van der Waals surface area contributed by atoms with Crippen LogP contribution in [0.15, 0.2) is 36.4 Å². The van der Waals surface area contributed by atoms with Gasteiger partial charge in [0.2, 0.25) is 0 Å². The van der Waals surface area contributed by atoms with E-state index in [-0.39, 0.29) is 32.0 Å². The molecule has 0 bridgehead atoms. The van der Waals surface area contributed by atoms with E-state index in [1.54, 1.807) is 32.1 Å². The van der Waals surface area contributed by atoms with Gasteiger partial charge in [-0.1, -0.05) is 47.0 Å². The minimum absolute atomic E-state index is 0.140. The fourth-order valence-corrected chi connectivity index (χ4v) is 3.51. The topological polar surface area (TPSA) is 52.6 Å². The lowest BCUT2D eigenvalue weighted by Gasteiger charge is -2.24. The van der Waals surface area contributed by atoms with Gasteiger partial charge in [-0.3, -0.25) is 9.59 Å². The average Bonchev–Trinajstić information content (AvgIpc) is 2.98. The summed E-state index contributed by atoms with van der Waals surface area (Å²) in [7, 11) is 0. The van der Waals surface area contributed by atoms with Crippen LogP contribution in [0.2, 0.25) is 10.0 Å². The van der Waals surface area contributed by atoms with Crippen molar-refractivity contribution in [3.8, 4) is 0 Å². The molecular formula is C20H22Cl2O4. The molecule has 0 saturated heterocycles. The lowest BCUT2D eigenvalue weighted by atomic mass is 9.85. The molecule has 1 aliphatic rings. The van der Waals surface area contributed by atoms with E-state index < -0.39 is 17.4 Å². The lowest BCUT2D eigenvalue weighted by Crippen LogP contribution is -2.40. The van der Waals surface area contributed by atoms with Crippen LogP contribution >= 0.6 is 23.2 Å². The third-order valence-electron chi connectivity index (χ3n) is 4.46. The first-order chi connectivity index (χ1) is 12.4. The van der Waals surface area contributed by atoms with E-state index in [1.807, 2.05) is 12.1 Å². The Morgan fingerprint density at radius 3 is 2.31 bits per heavy atom. The molecule has 4 nitrogen and oxygen atoms in total. The summed E-state index contributed by atoms with van der Waals surface area (Å²) in [6, 6.07) is 5.28. The Hall–Kier alpha value is -1.78. The van der Waals surface area contributed by atoms with E-state index in [9.17, 15) is 9.59 Å². The van der Waals surface area contributed by atoms with E-state index in [0.717, 1.165) is 11.1 Å². The van der Waals surface area contributed by atoms with Crippen LogP contribution in [-0.4, -0.2) is 25.2 Å². The largest absolute Gasteiger partial charge is 0.465 e. The maximum atomic E-state index is 12.6. The molecule has 0 amide bonds. The summed E-state index contributed by atoms with van der Waals surface area (Å²) < 4.78 is 10.4. The summed E-state index contributed by atoms with van der Waals surface area (Å²) in [5, 5.41) is 0.907. The molecule has 2 rings (SSSR count). The molecule has 0 N–H and O–H groups in total. The van der Waals surface area contributed by atoms with Crippen LogP contribution in [-0.2, 0) is 19.1 Å². The molecule has 1 fully saturated rings. The zero-order valence-electron chi connectivity index (χ0n) is 14.9. The van der Waals surface area contributed by atoms with Crippen molar-refractivity contribution in [1.29, 1.82) is 0 Å². The minimum Gasteiger partial charge on any atom is -0.465 e. The molecule has 0 spiro atoms. The van der Waals surface area contributed by atoms with Crippen LogP contribution in [0.1, 0.15) is 32.3 Å². The molecule has 1 saturated carbocycles. The zero-order valence-corrected chi connectivity index (χ0v) is 16.4. The van der Waals surface area contributed by atoms with Crippen molar-refractivity contribution in [2.75, 3.05) is 13.2 Å². The van der Waals surface area contributed by atoms with Crippen molar-refractivity contribution in [1.82, 2.24) is 0 Å². The molecule has 26 heavy (non-hydrogen) atoms. The van der Waals surface area contributed by atoms with Crippen LogP contribution in [0.5, 0.6) is 0 Å². The van der Waals surface area contributed by atoms with Gasteiger partial charge in [0.05, 0.1) is 23.3 Å². The first-order valence-corrected chi connectivity index (χ1v) is 9.26. The van der Waals surface area contributed by atoms with Crippen molar-refractivity contribution in [3.05, 3.63) is 52.0 Å². The Kier molecular flexibility index (Phi) is 6.90. The van der Waals surface area contributed by atoms with E-state index in [1.165, 1.54) is 0 Å². The fraction of sp³-hybridized carbons (Fsp3) is 0.400. The summed E-state index contributed by atoms with van der Waals surface area (Å²) in [5.74, 6) is -1.25. The third-order valence-corrected chi connectivity index (χ3v) is 5.20. The number of halogens is 2. The quantitative estimate of drug-likeness (QED) is 0.381. The molecule has 140 valence electrons. The number of ether oxygens (including phenoxy) is 2. The van der Waals surface area contributed by atoms with Gasteiger partial charge in [-0.15, -0.1) is 6.58 Å². The summed E-state index contributed by atoms with van der Waals surface area (Å²) in [4.78, 5) is 25.2. The van der Waals surface area contributed by atoms with Gasteiger partial charge in [-0.2, -0.15) is 0 Å². The number of carbonyl (C=O) groups excluding carboxylic acids is 2. The predicted octanol–water partition coefficient (Wildman–Crippen LogP) is 5.09. The van der Waals surface area contributed by atoms with Crippen molar-refractivity contribution in [2.24, 2.45) is 11.3 Å². The molecule has 0 aliphatic heterocycles. The maximum absolute atomic E-state index is 12.6. The summed E-state index contributed by atoms with van der Waals surface area (Å²) in [5.41, 5.74) is 0.400. The Morgan fingerprint density at radius 2 is 1.81 bits per heavy atom. The maximum Gasteiger partial charge on any atom is 0.323 e. The Morgan fingerprint density at radius 1 is 1.19 bits per heavy atom. The summed E-state index contributed by atoms with van der Waals surface area (Å²) >= 11 is 12.0. The van der Waals surface area contributed by atoms with E-state index in [4.69, 9.17) is 32.7 Å². The SMILES string of the molecule is C=CC1CC(C(=O)OCC)(C(=O)OCC)C/C1=C\c1ccc(Cl)c(Cl)c1. The van der Waals surface area contributed by atoms with Crippen LogP contribution in [0.3, 0.4) is 0 Å². The van der Waals surface area contributed by atoms with Crippen molar-refractivity contribution in [2.45, 2.75) is 26.7 Å². The zero-order chi connectivity index (χ0) is 19.3. The first-order valence-electron chi connectivity index (χ1n) is 8.50. The van der Waals surface area contributed by atoms with Crippen molar-refractivity contribution in [3.63, 3.8) is 0 Å². The smallest absolute Gasteiger partial charge is 0.323 e. The highest BCUT2D eigenvalue weighted by Crippen LogP contribution is 2.48. The monoisotopic (exact) mass is 396 g/mol. The van der Waals surface area contributed by atoms with Gasteiger partial charge in [0, 0.05) is 0 Å². The Balaban J connectivity index is 2.43. The normalized spacial score (nSPS) is 20.0. The number of allylic oxidation sites excluding steroid dienone is 2. The standard InChI is InChI=1S/C20H22Cl2O4/c1-4-14-11-20(18(23)25-5-2,19(24)26-6-3)12-15(14)9-13-7-8-16(21)17(22)10-13/h4,7-10,14H,1,5-6,11-12H2,2-3H3/b15-9+. The number of benzene rings is 1. The lowest BCUT2D eigenvalue weighted by molar-refractivity contribution is -0.171. The summed E-state index contributed by atoms with van der Waals surface area (Å²) in [6.45, 7) is 7.67. The molecule has 1 unspecified atom stereocenters. The van der Waals surface area contributed by atoms with Crippen LogP contribution in [0, 0.1) is 11.3 Å². The second-order valence-corrected chi connectivity index (χ2v) is 6.95. The molecule has 1 aromatic rings. The molecule has 0 heterocycles. The third kappa shape index (κ3) is 4.13. The van der Waals surface area contributed by atoms with Crippen LogP contribution < -0.4 is 0 Å². The van der Waals surface area contributed by atoms with Crippen LogP contribution in [0.25, 0.3) is 6.08 Å². The van der Waals surface area contributed by atoms with Gasteiger partial charge >= 0.3 is 11.9 Å². The van der Waals surface area contributed by atoms with Gasteiger partial charge in [0.1, 0.15) is 0 Å². The van der Waals surface area contributed by atoms with E-state index >= 15 is 0 Å². The minimum atomic E-state index is -1.34. The first kappa shape index (κ1) is 20.5. The molecule has 1 aliphatic carbocycles. The highest BCUT2D eigenvalue weighted by Gasteiger charge is 2.55. The number of rotatable bonds is 6. The molecule has 1 atom stereocenters. The second kappa shape index (κ2) is 8.74. The second-order valence-electron chi connectivity index (χ2n) is 6.14.